The molecule has 3 nitrogen and oxygen atoms in total. The predicted molar refractivity (Wildman–Crippen MR) is 78.7 cm³/mol. The van der Waals surface area contributed by atoms with E-state index in [4.69, 9.17) is 11.6 Å². The third kappa shape index (κ3) is 2.39. The largest absolute Gasteiger partial charge is 0.324 e. The Kier molecular flexibility index (Phi) is 3.31. The molecular weight excluding hydrogens is 280 g/mol. The molecule has 19 heavy (non-hydrogen) atoms. The Morgan fingerprint density at radius 2 is 2.11 bits per heavy atom. The van der Waals surface area contributed by atoms with Gasteiger partial charge in [-0.3, -0.25) is 10.1 Å². The van der Waals surface area contributed by atoms with E-state index in [1.165, 1.54) is 11.3 Å². The van der Waals surface area contributed by atoms with Gasteiger partial charge in [-0.25, -0.2) is 0 Å². The fraction of sp³-hybridized carbons (Fsp3) is 0.214. The normalized spacial score (nSPS) is 19.1. The minimum Gasteiger partial charge on any atom is -0.324 e. The molecule has 0 saturated heterocycles. The summed E-state index contributed by atoms with van der Waals surface area (Å²) in [5.41, 5.74) is 1.89. The van der Waals surface area contributed by atoms with Crippen LogP contribution in [0.25, 0.3) is 0 Å². The summed E-state index contributed by atoms with van der Waals surface area (Å²) in [7, 11) is 0. The summed E-state index contributed by atoms with van der Waals surface area (Å²) in [6, 6.07) is 11.4. The Balaban J connectivity index is 1.82. The summed E-state index contributed by atoms with van der Waals surface area (Å²) in [6.07, 6.45) is 0. The molecule has 0 radical (unpaired) electrons. The highest BCUT2D eigenvalue weighted by molar-refractivity contribution is 7.16. The van der Waals surface area contributed by atoms with Crippen molar-refractivity contribution in [2.75, 3.05) is 5.32 Å². The quantitative estimate of drug-likeness (QED) is 0.905. The van der Waals surface area contributed by atoms with Gasteiger partial charge in [0.05, 0.1) is 4.34 Å². The van der Waals surface area contributed by atoms with E-state index in [1.807, 2.05) is 43.3 Å². The number of hydrogen-bond donors (Lipinski definition) is 2. The monoisotopic (exact) mass is 292 g/mol. The molecule has 2 aromatic rings. The lowest BCUT2D eigenvalue weighted by molar-refractivity contribution is -0.117. The molecule has 1 aliphatic rings. The van der Waals surface area contributed by atoms with Gasteiger partial charge >= 0.3 is 0 Å². The molecular formula is C14H13ClN2OS. The lowest BCUT2D eigenvalue weighted by Gasteiger charge is -2.17. The van der Waals surface area contributed by atoms with Crippen LogP contribution in [0, 0.1) is 0 Å². The highest BCUT2D eigenvalue weighted by Crippen LogP contribution is 2.33. The van der Waals surface area contributed by atoms with Gasteiger partial charge in [-0.05, 0) is 25.1 Å². The maximum Gasteiger partial charge on any atom is 0.246 e. The van der Waals surface area contributed by atoms with Crippen molar-refractivity contribution < 1.29 is 4.79 Å². The number of amides is 1. The van der Waals surface area contributed by atoms with Crippen molar-refractivity contribution in [1.29, 1.82) is 0 Å². The average Bonchev–Trinajstić information content (AvgIpc) is 2.95. The molecule has 2 unspecified atom stereocenters. The van der Waals surface area contributed by atoms with E-state index in [2.05, 4.69) is 10.6 Å². The maximum absolute atomic E-state index is 12.0. The molecule has 0 fully saturated rings. The first-order chi connectivity index (χ1) is 9.15. The molecule has 0 aliphatic carbocycles. The van der Waals surface area contributed by atoms with Crippen molar-refractivity contribution in [2.24, 2.45) is 0 Å². The zero-order valence-corrected chi connectivity index (χ0v) is 11.9. The molecule has 0 spiro atoms. The maximum atomic E-state index is 12.0. The highest BCUT2D eigenvalue weighted by Gasteiger charge is 2.31. The molecule has 1 aromatic carbocycles. The second-order valence-electron chi connectivity index (χ2n) is 4.54. The Labute approximate surface area is 120 Å². The van der Waals surface area contributed by atoms with Crippen LogP contribution in [-0.4, -0.2) is 5.91 Å². The van der Waals surface area contributed by atoms with Gasteiger partial charge in [-0.2, -0.15) is 0 Å². The second kappa shape index (κ2) is 4.96. The highest BCUT2D eigenvalue weighted by atomic mass is 35.5. The number of halogens is 1. The van der Waals surface area contributed by atoms with E-state index in [0.717, 1.165) is 20.5 Å². The summed E-state index contributed by atoms with van der Waals surface area (Å²) < 4.78 is 0.764. The van der Waals surface area contributed by atoms with Gasteiger partial charge in [0.15, 0.2) is 0 Å². The average molecular weight is 293 g/mol. The zero-order valence-electron chi connectivity index (χ0n) is 10.3. The van der Waals surface area contributed by atoms with E-state index in [9.17, 15) is 4.79 Å². The predicted octanol–water partition coefficient (Wildman–Crippen LogP) is 3.75. The minimum atomic E-state index is -0.299. The molecule has 1 aliphatic heterocycles. The van der Waals surface area contributed by atoms with Crippen molar-refractivity contribution in [2.45, 2.75) is 19.0 Å². The van der Waals surface area contributed by atoms with E-state index in [0.29, 0.717) is 0 Å². The lowest BCUT2D eigenvalue weighted by atomic mass is 10.1. The Hall–Kier alpha value is -1.36. The molecule has 1 aromatic heterocycles. The van der Waals surface area contributed by atoms with Crippen LogP contribution in [0.1, 0.15) is 29.4 Å². The van der Waals surface area contributed by atoms with Gasteiger partial charge in [0.1, 0.15) is 6.04 Å². The third-order valence-corrected chi connectivity index (χ3v) is 4.64. The van der Waals surface area contributed by atoms with Crippen molar-refractivity contribution in [3.05, 3.63) is 51.2 Å². The molecule has 1 amide bonds. The Morgan fingerprint density at radius 3 is 2.84 bits per heavy atom. The minimum absolute atomic E-state index is 0.00398. The van der Waals surface area contributed by atoms with Gasteiger partial charge in [0, 0.05) is 22.2 Å². The second-order valence-corrected chi connectivity index (χ2v) is 6.29. The first-order valence-electron chi connectivity index (χ1n) is 6.06. The van der Waals surface area contributed by atoms with E-state index in [-0.39, 0.29) is 18.0 Å². The number of carbonyl (C=O) groups is 1. The topological polar surface area (TPSA) is 41.1 Å². The summed E-state index contributed by atoms with van der Waals surface area (Å²) in [5.74, 6) is -0.00398. The van der Waals surface area contributed by atoms with Gasteiger partial charge < -0.3 is 5.32 Å². The zero-order chi connectivity index (χ0) is 13.4. The molecule has 0 bridgehead atoms. The fourth-order valence-corrected chi connectivity index (χ4v) is 3.34. The number of carbonyl (C=O) groups excluding carboxylic acids is 1. The summed E-state index contributed by atoms with van der Waals surface area (Å²) in [4.78, 5) is 13.1. The summed E-state index contributed by atoms with van der Waals surface area (Å²) in [5, 5.41) is 6.24. The van der Waals surface area contributed by atoms with E-state index in [1.54, 1.807) is 0 Å². The number of para-hydroxylation sites is 1. The van der Waals surface area contributed by atoms with Gasteiger partial charge in [0.25, 0.3) is 0 Å². The number of rotatable bonds is 3. The first-order valence-corrected chi connectivity index (χ1v) is 7.25. The number of hydrogen-bond acceptors (Lipinski definition) is 3. The first kappa shape index (κ1) is 12.7. The number of thiophene rings is 1. The molecule has 0 saturated carbocycles. The van der Waals surface area contributed by atoms with Crippen LogP contribution in [0.2, 0.25) is 4.34 Å². The van der Waals surface area contributed by atoms with Crippen LogP contribution in [0.4, 0.5) is 5.69 Å². The number of nitrogens with one attached hydrogen (secondary N) is 2. The molecule has 2 atom stereocenters. The molecule has 2 heterocycles. The van der Waals surface area contributed by atoms with Crippen LogP contribution in [0.3, 0.4) is 0 Å². The third-order valence-electron chi connectivity index (χ3n) is 3.23. The number of fused-ring (bicyclic) bond motifs is 1. The van der Waals surface area contributed by atoms with Crippen molar-refractivity contribution in [3.8, 4) is 0 Å². The SMILES string of the molecule is CC(NC1C(=O)Nc2ccccc21)c1ccc(Cl)s1. The summed E-state index contributed by atoms with van der Waals surface area (Å²) >= 11 is 7.48. The fourth-order valence-electron chi connectivity index (χ4n) is 2.27. The Bertz CT molecular complexity index is 625. The van der Waals surface area contributed by atoms with Crippen molar-refractivity contribution in [1.82, 2.24) is 5.32 Å². The number of benzene rings is 1. The summed E-state index contributed by atoms with van der Waals surface area (Å²) in [6.45, 7) is 2.04. The molecule has 2 N–H and O–H groups in total. The van der Waals surface area contributed by atoms with Gasteiger partial charge in [0.2, 0.25) is 5.91 Å². The molecule has 3 rings (SSSR count). The van der Waals surface area contributed by atoms with Gasteiger partial charge in [-0.15, -0.1) is 11.3 Å². The van der Waals surface area contributed by atoms with Crippen LogP contribution < -0.4 is 10.6 Å². The standard InChI is InChI=1S/C14H13ClN2OS/c1-8(11-6-7-12(15)19-11)16-13-9-4-2-3-5-10(9)17-14(13)18/h2-8,13,16H,1H3,(H,17,18). The van der Waals surface area contributed by atoms with Crippen molar-refractivity contribution >= 4 is 34.5 Å². The molecule has 98 valence electrons. The van der Waals surface area contributed by atoms with Crippen LogP contribution >= 0.6 is 22.9 Å². The number of anilines is 1. The smallest absolute Gasteiger partial charge is 0.246 e. The van der Waals surface area contributed by atoms with Crippen LogP contribution in [0.5, 0.6) is 0 Å². The van der Waals surface area contributed by atoms with E-state index < -0.39 is 0 Å². The van der Waals surface area contributed by atoms with E-state index >= 15 is 0 Å². The van der Waals surface area contributed by atoms with Crippen molar-refractivity contribution in [3.63, 3.8) is 0 Å². The van der Waals surface area contributed by atoms with Gasteiger partial charge in [-0.1, -0.05) is 29.8 Å². The molecule has 5 heteroatoms. The van der Waals surface area contributed by atoms with Crippen LogP contribution in [0.15, 0.2) is 36.4 Å². The Morgan fingerprint density at radius 1 is 1.32 bits per heavy atom. The lowest BCUT2D eigenvalue weighted by Crippen LogP contribution is -2.29. The van der Waals surface area contributed by atoms with Crippen LogP contribution in [-0.2, 0) is 4.79 Å².